The van der Waals surface area contributed by atoms with E-state index in [1.165, 1.54) is 30.7 Å². The van der Waals surface area contributed by atoms with Crippen LogP contribution in [0.15, 0.2) is 48.5 Å². The van der Waals surface area contributed by atoms with Crippen LogP contribution >= 0.6 is 0 Å². The fourth-order valence-electron chi connectivity index (χ4n) is 3.49. The van der Waals surface area contributed by atoms with Crippen molar-refractivity contribution in [2.24, 2.45) is 0 Å². The van der Waals surface area contributed by atoms with Crippen LogP contribution in [-0.2, 0) is 4.79 Å². The second-order valence-electron chi connectivity index (χ2n) is 7.70. The number of amides is 2. The molecule has 0 saturated heterocycles. The van der Waals surface area contributed by atoms with Gasteiger partial charge in [-0.05, 0) is 61.7 Å². The molecule has 2 amide bonds. The first-order valence-corrected chi connectivity index (χ1v) is 9.85. The molecule has 3 aromatic rings. The molecule has 2 aromatic carbocycles. The number of nitrogens with one attached hydrogen (secondary N) is 2. The van der Waals surface area contributed by atoms with E-state index in [-0.39, 0.29) is 17.5 Å². The molecule has 0 radical (unpaired) electrons. The minimum atomic E-state index is -0.564. The standard InChI is InChI=1S/C24H26FN3O2/c1-14(2)18-6-9-20(10-7-18)28-15(3)12-21(16(28)4)24(30)27-19-8-11-22(25)23(13-19)26-17(5)29/h6-14H,1-5H3,(H,26,29)(H,27,30). The number of aryl methyl sites for hydroxylation is 1. The maximum absolute atomic E-state index is 13.8. The smallest absolute Gasteiger partial charge is 0.257 e. The van der Waals surface area contributed by atoms with Crippen molar-refractivity contribution in [1.82, 2.24) is 4.57 Å². The molecule has 0 aliphatic rings. The van der Waals surface area contributed by atoms with Gasteiger partial charge in [-0.15, -0.1) is 0 Å². The fourth-order valence-corrected chi connectivity index (χ4v) is 3.49. The Balaban J connectivity index is 1.87. The molecule has 30 heavy (non-hydrogen) atoms. The van der Waals surface area contributed by atoms with E-state index in [9.17, 15) is 14.0 Å². The van der Waals surface area contributed by atoms with Crippen LogP contribution in [0.2, 0.25) is 0 Å². The molecule has 0 spiro atoms. The van der Waals surface area contributed by atoms with Gasteiger partial charge in [0.05, 0.1) is 11.3 Å². The number of carbonyl (C=O) groups is 2. The Labute approximate surface area is 175 Å². The Kier molecular flexibility index (Phi) is 6.06. The Hall–Kier alpha value is -3.41. The summed E-state index contributed by atoms with van der Waals surface area (Å²) in [6.45, 7) is 9.44. The molecule has 0 unspecified atom stereocenters. The number of carbonyl (C=O) groups excluding carboxylic acids is 2. The predicted molar refractivity (Wildman–Crippen MR) is 118 cm³/mol. The maximum Gasteiger partial charge on any atom is 0.257 e. The van der Waals surface area contributed by atoms with Crippen molar-refractivity contribution in [2.45, 2.75) is 40.5 Å². The van der Waals surface area contributed by atoms with Crippen LogP contribution in [0, 0.1) is 19.7 Å². The van der Waals surface area contributed by atoms with Crippen molar-refractivity contribution >= 4 is 23.2 Å². The molecule has 6 heteroatoms. The molecule has 0 aliphatic carbocycles. The monoisotopic (exact) mass is 407 g/mol. The highest BCUT2D eigenvalue weighted by molar-refractivity contribution is 6.05. The Morgan fingerprint density at radius 1 is 0.967 bits per heavy atom. The summed E-state index contributed by atoms with van der Waals surface area (Å²) >= 11 is 0. The first-order chi connectivity index (χ1) is 14.2. The molecule has 156 valence electrons. The highest BCUT2D eigenvalue weighted by Gasteiger charge is 2.17. The van der Waals surface area contributed by atoms with Gasteiger partial charge < -0.3 is 15.2 Å². The number of nitrogens with zero attached hydrogens (tertiary/aromatic N) is 1. The summed E-state index contributed by atoms with van der Waals surface area (Å²) in [7, 11) is 0. The topological polar surface area (TPSA) is 63.1 Å². The van der Waals surface area contributed by atoms with Crippen LogP contribution in [-0.4, -0.2) is 16.4 Å². The molecule has 0 aliphatic heterocycles. The lowest BCUT2D eigenvalue weighted by atomic mass is 10.0. The van der Waals surface area contributed by atoms with Crippen molar-refractivity contribution in [3.63, 3.8) is 0 Å². The number of rotatable bonds is 5. The van der Waals surface area contributed by atoms with E-state index in [0.29, 0.717) is 17.2 Å². The molecule has 2 N–H and O–H groups in total. The molecule has 0 saturated carbocycles. The summed E-state index contributed by atoms with van der Waals surface area (Å²) in [6.07, 6.45) is 0. The van der Waals surface area contributed by atoms with Crippen molar-refractivity contribution in [1.29, 1.82) is 0 Å². The van der Waals surface area contributed by atoms with E-state index in [0.717, 1.165) is 17.1 Å². The summed E-state index contributed by atoms with van der Waals surface area (Å²) in [4.78, 5) is 24.1. The largest absolute Gasteiger partial charge is 0.324 e. The third-order valence-electron chi connectivity index (χ3n) is 5.03. The van der Waals surface area contributed by atoms with E-state index < -0.39 is 5.82 Å². The lowest BCUT2D eigenvalue weighted by Gasteiger charge is -2.12. The lowest BCUT2D eigenvalue weighted by Crippen LogP contribution is -2.14. The number of benzene rings is 2. The van der Waals surface area contributed by atoms with E-state index in [2.05, 4.69) is 48.7 Å². The van der Waals surface area contributed by atoms with Crippen LogP contribution in [0.4, 0.5) is 15.8 Å². The van der Waals surface area contributed by atoms with Gasteiger partial charge in [-0.2, -0.15) is 0 Å². The SMILES string of the molecule is CC(=O)Nc1cc(NC(=O)c2cc(C)n(-c3ccc(C(C)C)cc3)c2C)ccc1F. The predicted octanol–water partition coefficient (Wildman–Crippen LogP) is 5.57. The Morgan fingerprint density at radius 3 is 2.23 bits per heavy atom. The second kappa shape index (κ2) is 8.53. The highest BCUT2D eigenvalue weighted by Crippen LogP contribution is 2.25. The Morgan fingerprint density at radius 2 is 1.63 bits per heavy atom. The molecule has 1 heterocycles. The van der Waals surface area contributed by atoms with Crippen molar-refractivity contribution < 1.29 is 14.0 Å². The number of halogens is 1. The zero-order valence-corrected chi connectivity index (χ0v) is 17.8. The average molecular weight is 407 g/mol. The minimum Gasteiger partial charge on any atom is -0.324 e. The minimum absolute atomic E-state index is 0.0241. The summed E-state index contributed by atoms with van der Waals surface area (Å²) < 4.78 is 15.9. The van der Waals surface area contributed by atoms with Gasteiger partial charge in [0, 0.05) is 29.7 Å². The van der Waals surface area contributed by atoms with E-state index in [1.807, 2.05) is 24.5 Å². The summed E-state index contributed by atoms with van der Waals surface area (Å²) in [6, 6.07) is 14.2. The van der Waals surface area contributed by atoms with Crippen molar-refractivity contribution in [3.8, 4) is 5.69 Å². The number of anilines is 2. The number of aromatic nitrogens is 1. The van der Waals surface area contributed by atoms with Crippen LogP contribution < -0.4 is 10.6 Å². The Bertz CT molecular complexity index is 1100. The fraction of sp³-hybridized carbons (Fsp3) is 0.250. The van der Waals surface area contributed by atoms with Crippen LogP contribution in [0.1, 0.15) is 54.0 Å². The summed E-state index contributed by atoms with van der Waals surface area (Å²) in [5.41, 5.74) is 4.95. The average Bonchev–Trinajstić information content (AvgIpc) is 2.98. The number of hydrogen-bond donors (Lipinski definition) is 2. The van der Waals surface area contributed by atoms with Gasteiger partial charge in [0.25, 0.3) is 5.91 Å². The van der Waals surface area contributed by atoms with Gasteiger partial charge >= 0.3 is 0 Å². The van der Waals surface area contributed by atoms with Gasteiger partial charge in [0.15, 0.2) is 0 Å². The molecule has 5 nitrogen and oxygen atoms in total. The first-order valence-electron chi connectivity index (χ1n) is 9.85. The van der Waals surface area contributed by atoms with E-state index in [1.54, 1.807) is 0 Å². The van der Waals surface area contributed by atoms with Crippen molar-refractivity contribution in [3.05, 3.63) is 76.9 Å². The third-order valence-corrected chi connectivity index (χ3v) is 5.03. The molecule has 0 atom stereocenters. The number of hydrogen-bond acceptors (Lipinski definition) is 2. The molecule has 1 aromatic heterocycles. The molecule has 0 bridgehead atoms. The van der Waals surface area contributed by atoms with Crippen molar-refractivity contribution in [2.75, 3.05) is 10.6 Å². The highest BCUT2D eigenvalue weighted by atomic mass is 19.1. The molecular weight excluding hydrogens is 381 g/mol. The maximum atomic E-state index is 13.8. The first kappa shape index (κ1) is 21.3. The van der Waals surface area contributed by atoms with E-state index in [4.69, 9.17) is 0 Å². The van der Waals surface area contributed by atoms with E-state index >= 15 is 0 Å². The second-order valence-corrected chi connectivity index (χ2v) is 7.70. The van der Waals surface area contributed by atoms with Gasteiger partial charge in [-0.3, -0.25) is 9.59 Å². The quantitative estimate of drug-likeness (QED) is 0.581. The van der Waals surface area contributed by atoms with Gasteiger partial charge in [0.2, 0.25) is 5.91 Å². The van der Waals surface area contributed by atoms with Gasteiger partial charge in [-0.1, -0.05) is 26.0 Å². The van der Waals surface area contributed by atoms with Crippen LogP contribution in [0.3, 0.4) is 0 Å². The zero-order valence-electron chi connectivity index (χ0n) is 17.8. The molecular formula is C24H26FN3O2. The van der Waals surface area contributed by atoms with Crippen LogP contribution in [0.5, 0.6) is 0 Å². The third kappa shape index (κ3) is 4.43. The lowest BCUT2D eigenvalue weighted by molar-refractivity contribution is -0.114. The normalized spacial score (nSPS) is 10.9. The summed E-state index contributed by atoms with van der Waals surface area (Å²) in [5, 5.41) is 5.20. The zero-order chi connectivity index (χ0) is 22.0. The molecule has 0 fully saturated rings. The van der Waals surface area contributed by atoms with Crippen LogP contribution in [0.25, 0.3) is 5.69 Å². The van der Waals surface area contributed by atoms with Gasteiger partial charge in [0.1, 0.15) is 5.82 Å². The van der Waals surface area contributed by atoms with Gasteiger partial charge in [-0.25, -0.2) is 4.39 Å². The molecule has 3 rings (SSSR count). The summed E-state index contributed by atoms with van der Waals surface area (Å²) in [5.74, 6) is -0.797.